The zero-order valence-corrected chi connectivity index (χ0v) is 17.9. The maximum atomic E-state index is 11.8. The monoisotopic (exact) mass is 404 g/mol. The van der Waals surface area contributed by atoms with Gasteiger partial charge in [-0.1, -0.05) is 94.0 Å². The minimum Gasteiger partial charge on any atom is -0.462 e. The van der Waals surface area contributed by atoms with Gasteiger partial charge < -0.3 is 4.74 Å². The van der Waals surface area contributed by atoms with E-state index in [1.165, 1.54) is 64.2 Å². The Hall–Kier alpha value is -0.0500. The maximum Gasteiger partial charge on any atom is 0.306 e. The van der Waals surface area contributed by atoms with E-state index in [0.717, 1.165) is 37.4 Å². The Labute approximate surface area is 159 Å². The largest absolute Gasteiger partial charge is 0.462 e. The molecule has 0 radical (unpaired) electrons. The van der Waals surface area contributed by atoms with Crippen LogP contribution >= 0.6 is 15.9 Å². The second-order valence-corrected chi connectivity index (χ2v) is 7.78. The van der Waals surface area contributed by atoms with Crippen molar-refractivity contribution in [1.82, 2.24) is 0 Å². The topological polar surface area (TPSA) is 26.3 Å². The highest BCUT2D eigenvalue weighted by molar-refractivity contribution is 9.09. The van der Waals surface area contributed by atoms with E-state index in [1.54, 1.807) is 0 Å². The predicted octanol–water partition coefficient (Wildman–Crippen LogP) is 7.57. The second-order valence-electron chi connectivity index (χ2n) is 6.99. The van der Waals surface area contributed by atoms with Crippen molar-refractivity contribution in [2.24, 2.45) is 0 Å². The predicted molar refractivity (Wildman–Crippen MR) is 109 cm³/mol. The lowest BCUT2D eigenvalue weighted by Gasteiger charge is -2.16. The van der Waals surface area contributed by atoms with E-state index in [9.17, 15) is 4.79 Å². The summed E-state index contributed by atoms with van der Waals surface area (Å²) in [5.41, 5.74) is 0. The number of esters is 1. The first kappa shape index (κ1) is 23.9. The molecule has 0 aromatic carbocycles. The number of hydrogen-bond acceptors (Lipinski definition) is 2. The molecule has 0 N–H and O–H groups in total. The van der Waals surface area contributed by atoms with E-state index in [2.05, 4.69) is 29.8 Å². The van der Waals surface area contributed by atoms with Crippen LogP contribution in [0.5, 0.6) is 0 Å². The Morgan fingerprint density at radius 3 is 1.88 bits per heavy atom. The van der Waals surface area contributed by atoms with Crippen LogP contribution in [0.1, 0.15) is 117 Å². The minimum absolute atomic E-state index is 0.00324. The average Bonchev–Trinajstić information content (AvgIpc) is 2.59. The Morgan fingerprint density at radius 1 is 0.792 bits per heavy atom. The first-order chi connectivity index (χ1) is 11.7. The van der Waals surface area contributed by atoms with Crippen LogP contribution in [0.25, 0.3) is 0 Å². The van der Waals surface area contributed by atoms with Crippen molar-refractivity contribution in [3.05, 3.63) is 0 Å². The van der Waals surface area contributed by atoms with Crippen LogP contribution in [0.3, 0.4) is 0 Å². The Balaban J connectivity index is 3.46. The minimum atomic E-state index is 0.00324. The molecule has 2 nitrogen and oxygen atoms in total. The van der Waals surface area contributed by atoms with Crippen molar-refractivity contribution in [2.45, 2.75) is 123 Å². The van der Waals surface area contributed by atoms with Gasteiger partial charge in [0, 0.05) is 11.8 Å². The lowest BCUT2D eigenvalue weighted by Crippen LogP contribution is -2.17. The molecule has 3 heteroatoms. The van der Waals surface area contributed by atoms with Gasteiger partial charge in [0.2, 0.25) is 0 Å². The molecule has 0 heterocycles. The highest BCUT2D eigenvalue weighted by Crippen LogP contribution is 2.15. The molecular formula is C21H41BrO2. The number of ether oxygens (including phenoxy) is 1. The highest BCUT2D eigenvalue weighted by atomic mass is 79.9. The SMILES string of the molecule is CCCCCCCCCCCCC(CC)OC(=O)CCCCCBr. The third-order valence-corrected chi connectivity index (χ3v) is 5.21. The van der Waals surface area contributed by atoms with Gasteiger partial charge in [-0.25, -0.2) is 0 Å². The lowest BCUT2D eigenvalue weighted by molar-refractivity contribution is -0.149. The fourth-order valence-electron chi connectivity index (χ4n) is 2.99. The summed E-state index contributed by atoms with van der Waals surface area (Å²) >= 11 is 3.42. The van der Waals surface area contributed by atoms with Gasteiger partial charge in [-0.15, -0.1) is 0 Å². The molecule has 0 aromatic rings. The van der Waals surface area contributed by atoms with Crippen molar-refractivity contribution < 1.29 is 9.53 Å². The van der Waals surface area contributed by atoms with Gasteiger partial charge >= 0.3 is 5.97 Å². The number of carbonyl (C=O) groups is 1. The molecule has 0 aromatic heterocycles. The third-order valence-electron chi connectivity index (χ3n) is 4.65. The smallest absolute Gasteiger partial charge is 0.306 e. The van der Waals surface area contributed by atoms with Crippen LogP contribution in [0.4, 0.5) is 0 Å². The van der Waals surface area contributed by atoms with Crippen molar-refractivity contribution in [3.63, 3.8) is 0 Å². The van der Waals surface area contributed by atoms with Crippen LogP contribution in [0, 0.1) is 0 Å². The quantitative estimate of drug-likeness (QED) is 0.133. The van der Waals surface area contributed by atoms with Gasteiger partial charge in [0.1, 0.15) is 6.10 Å². The van der Waals surface area contributed by atoms with Gasteiger partial charge in [0.25, 0.3) is 0 Å². The number of halogens is 1. The number of unbranched alkanes of at least 4 members (excludes halogenated alkanes) is 11. The van der Waals surface area contributed by atoms with Crippen molar-refractivity contribution in [2.75, 3.05) is 5.33 Å². The van der Waals surface area contributed by atoms with E-state index in [0.29, 0.717) is 6.42 Å². The molecule has 0 saturated heterocycles. The molecule has 0 rings (SSSR count). The number of rotatable bonds is 18. The van der Waals surface area contributed by atoms with Gasteiger partial charge in [-0.05, 0) is 32.1 Å². The standard InChI is InChI=1S/C21H41BrO2/c1-3-5-6-7-8-9-10-11-12-14-17-20(4-2)24-21(23)18-15-13-16-19-22/h20H,3-19H2,1-2H3. The molecule has 0 spiro atoms. The molecule has 24 heavy (non-hydrogen) atoms. The average molecular weight is 405 g/mol. The van der Waals surface area contributed by atoms with Crippen molar-refractivity contribution in [3.8, 4) is 0 Å². The summed E-state index contributed by atoms with van der Waals surface area (Å²) < 4.78 is 5.61. The number of alkyl halides is 1. The zero-order chi connectivity index (χ0) is 17.9. The fourth-order valence-corrected chi connectivity index (χ4v) is 3.39. The Morgan fingerprint density at radius 2 is 1.33 bits per heavy atom. The first-order valence-corrected chi connectivity index (χ1v) is 11.6. The summed E-state index contributed by atoms with van der Waals surface area (Å²) in [5, 5.41) is 1.03. The molecule has 0 amide bonds. The normalized spacial score (nSPS) is 12.3. The molecule has 1 unspecified atom stereocenters. The number of hydrogen-bond donors (Lipinski definition) is 0. The molecule has 1 atom stereocenters. The van der Waals surface area contributed by atoms with Crippen molar-refractivity contribution in [1.29, 1.82) is 0 Å². The highest BCUT2D eigenvalue weighted by Gasteiger charge is 2.11. The zero-order valence-electron chi connectivity index (χ0n) is 16.3. The maximum absolute atomic E-state index is 11.8. The van der Waals surface area contributed by atoms with E-state index < -0.39 is 0 Å². The summed E-state index contributed by atoms with van der Waals surface area (Å²) in [6, 6.07) is 0. The van der Waals surface area contributed by atoms with E-state index in [1.807, 2.05) is 0 Å². The summed E-state index contributed by atoms with van der Waals surface area (Å²) in [7, 11) is 0. The van der Waals surface area contributed by atoms with Crippen LogP contribution < -0.4 is 0 Å². The molecule has 0 aliphatic rings. The fraction of sp³-hybridized carbons (Fsp3) is 0.952. The molecule has 0 bridgehead atoms. The molecule has 0 aliphatic heterocycles. The molecular weight excluding hydrogens is 364 g/mol. The molecule has 144 valence electrons. The van der Waals surface area contributed by atoms with Gasteiger partial charge in [-0.2, -0.15) is 0 Å². The second kappa shape index (κ2) is 19.3. The molecule has 0 fully saturated rings. The van der Waals surface area contributed by atoms with Crippen LogP contribution in [-0.2, 0) is 9.53 Å². The van der Waals surface area contributed by atoms with E-state index in [-0.39, 0.29) is 12.1 Å². The van der Waals surface area contributed by atoms with Gasteiger partial charge in [0.05, 0.1) is 0 Å². The van der Waals surface area contributed by atoms with Gasteiger partial charge in [-0.3, -0.25) is 4.79 Å². The summed E-state index contributed by atoms with van der Waals surface area (Å²) in [4.78, 5) is 11.8. The van der Waals surface area contributed by atoms with E-state index >= 15 is 0 Å². The lowest BCUT2D eigenvalue weighted by atomic mass is 10.0. The summed E-state index contributed by atoms with van der Waals surface area (Å²) in [6.07, 6.45) is 19.5. The van der Waals surface area contributed by atoms with E-state index in [4.69, 9.17) is 4.74 Å². The Bertz CT molecular complexity index is 269. The molecule has 0 saturated carbocycles. The Kier molecular flexibility index (Phi) is 19.2. The van der Waals surface area contributed by atoms with Crippen LogP contribution in [0.2, 0.25) is 0 Å². The third kappa shape index (κ3) is 16.8. The first-order valence-electron chi connectivity index (χ1n) is 10.5. The van der Waals surface area contributed by atoms with Crippen LogP contribution in [0.15, 0.2) is 0 Å². The van der Waals surface area contributed by atoms with Crippen molar-refractivity contribution >= 4 is 21.9 Å². The van der Waals surface area contributed by atoms with Gasteiger partial charge in [0.15, 0.2) is 0 Å². The molecule has 0 aliphatic carbocycles. The van der Waals surface area contributed by atoms with Crippen LogP contribution in [-0.4, -0.2) is 17.4 Å². The summed E-state index contributed by atoms with van der Waals surface area (Å²) in [6.45, 7) is 4.39. The number of carbonyl (C=O) groups excluding carboxylic acids is 1. The summed E-state index contributed by atoms with van der Waals surface area (Å²) in [5.74, 6) is 0.00324.